The van der Waals surface area contributed by atoms with Gasteiger partial charge in [-0.15, -0.1) is 0 Å². The second kappa shape index (κ2) is 7.73. The van der Waals surface area contributed by atoms with Crippen molar-refractivity contribution < 1.29 is 33.9 Å². The van der Waals surface area contributed by atoms with Crippen LogP contribution >= 0.6 is 0 Å². The molecule has 3 aliphatic rings. The minimum absolute atomic E-state index is 0.00402. The van der Waals surface area contributed by atoms with E-state index in [0.717, 1.165) is 4.68 Å². The number of nitrogen functional groups attached to an aromatic ring is 1. The standard InChI is InChI=1S/C27H24N2O9/c1-9-5-10-6-11-7-14-18-19(15(11)21(31)16(10)27(34)29(9)28)23(33)26-20(25(18)37-8-36-14)22(32)17-12(30)3-4-13(35-2)24(17)38-26/h5-6,12-14,30-31,33H,3-4,7-8,28H2,1-2H3/t12-,13-,14-/m0/s1. The van der Waals surface area contributed by atoms with Crippen LogP contribution in [0.15, 0.2) is 26.1 Å². The Morgan fingerprint density at radius 2 is 1.87 bits per heavy atom. The zero-order valence-electron chi connectivity index (χ0n) is 20.5. The molecule has 38 heavy (non-hydrogen) atoms. The summed E-state index contributed by atoms with van der Waals surface area (Å²) in [5.41, 5.74) is 0.656. The molecule has 0 unspecified atom stereocenters. The first-order valence-corrected chi connectivity index (χ1v) is 12.2. The number of phenols is 2. The Morgan fingerprint density at radius 3 is 2.63 bits per heavy atom. The minimum atomic E-state index is -1.06. The molecule has 0 saturated carbocycles. The van der Waals surface area contributed by atoms with Crippen LogP contribution in [0, 0.1) is 6.92 Å². The van der Waals surface area contributed by atoms with Crippen LogP contribution in [0.2, 0.25) is 0 Å². The number of aliphatic hydroxyl groups is 1. The molecule has 2 aromatic carbocycles. The van der Waals surface area contributed by atoms with Crippen LogP contribution in [0.3, 0.4) is 0 Å². The lowest BCUT2D eigenvalue weighted by atomic mass is 9.79. The van der Waals surface area contributed by atoms with E-state index in [2.05, 4.69) is 0 Å². The van der Waals surface area contributed by atoms with Crippen LogP contribution in [-0.2, 0) is 15.9 Å². The SMILES string of the molecule is CO[C@H]1CC[C@H](O)c2c1oc1c(O)c3c4c(c1c2=O)OCO[C@H]4Cc1cc2cc(C)n(N)c(=O)c2c(O)c1-3. The molecule has 3 atom stereocenters. The van der Waals surface area contributed by atoms with Crippen LogP contribution in [0.4, 0.5) is 0 Å². The molecule has 0 fully saturated rings. The summed E-state index contributed by atoms with van der Waals surface area (Å²) in [4.78, 5) is 26.8. The number of aryl methyl sites for hydroxylation is 1. The molecule has 1 aliphatic heterocycles. The third-order valence-corrected chi connectivity index (χ3v) is 8.02. The lowest BCUT2D eigenvalue weighted by Crippen LogP contribution is -2.30. The number of aromatic hydroxyl groups is 2. The number of ether oxygens (including phenoxy) is 3. The lowest BCUT2D eigenvalue weighted by Gasteiger charge is -2.35. The number of benzene rings is 2. The van der Waals surface area contributed by atoms with Gasteiger partial charge in [0.1, 0.15) is 28.7 Å². The molecule has 0 bridgehead atoms. The summed E-state index contributed by atoms with van der Waals surface area (Å²) >= 11 is 0. The molecule has 0 spiro atoms. The molecule has 4 aromatic rings. The Hall–Kier alpha value is -4.06. The van der Waals surface area contributed by atoms with Crippen LogP contribution in [0.5, 0.6) is 17.2 Å². The Balaban J connectivity index is 1.65. The number of hydrogen-bond donors (Lipinski definition) is 4. The highest BCUT2D eigenvalue weighted by molar-refractivity contribution is 6.04. The first-order chi connectivity index (χ1) is 18.2. The van der Waals surface area contributed by atoms with Crippen molar-refractivity contribution in [1.29, 1.82) is 0 Å². The van der Waals surface area contributed by atoms with E-state index in [1.54, 1.807) is 19.1 Å². The third-order valence-electron chi connectivity index (χ3n) is 8.02. The van der Waals surface area contributed by atoms with E-state index in [-0.39, 0.29) is 57.1 Å². The van der Waals surface area contributed by atoms with Gasteiger partial charge in [0, 0.05) is 35.9 Å². The third kappa shape index (κ3) is 2.78. The average molecular weight is 520 g/mol. The number of aliphatic hydroxyl groups excluding tert-OH is 1. The average Bonchev–Trinajstić information content (AvgIpc) is 2.89. The largest absolute Gasteiger partial charge is 0.506 e. The van der Waals surface area contributed by atoms with Gasteiger partial charge in [-0.1, -0.05) is 0 Å². The maximum Gasteiger partial charge on any atom is 0.280 e. The summed E-state index contributed by atoms with van der Waals surface area (Å²) in [6.45, 7) is 1.54. The molecular formula is C27H24N2O9. The van der Waals surface area contributed by atoms with Gasteiger partial charge in [-0.3, -0.25) is 9.59 Å². The molecule has 3 heterocycles. The highest BCUT2D eigenvalue weighted by Gasteiger charge is 2.41. The van der Waals surface area contributed by atoms with E-state index in [4.69, 9.17) is 24.5 Å². The van der Waals surface area contributed by atoms with Crippen molar-refractivity contribution in [1.82, 2.24) is 4.68 Å². The van der Waals surface area contributed by atoms with Crippen molar-refractivity contribution in [2.45, 2.75) is 44.5 Å². The van der Waals surface area contributed by atoms with Gasteiger partial charge in [0.25, 0.3) is 5.56 Å². The van der Waals surface area contributed by atoms with E-state index in [1.165, 1.54) is 7.11 Å². The van der Waals surface area contributed by atoms with E-state index >= 15 is 0 Å². The molecule has 11 heteroatoms. The molecule has 5 N–H and O–H groups in total. The summed E-state index contributed by atoms with van der Waals surface area (Å²) in [5.74, 6) is 5.43. The second-order valence-corrected chi connectivity index (χ2v) is 10.0. The fraction of sp³-hybridized carbons (Fsp3) is 0.333. The Kier molecular flexibility index (Phi) is 4.70. The van der Waals surface area contributed by atoms with Crippen molar-refractivity contribution >= 4 is 21.7 Å². The van der Waals surface area contributed by atoms with Crippen LogP contribution in [0.1, 0.15) is 59.3 Å². The summed E-state index contributed by atoms with van der Waals surface area (Å²) in [6.07, 6.45) is -1.22. The number of rotatable bonds is 1. The quantitative estimate of drug-likeness (QED) is 0.274. The van der Waals surface area contributed by atoms with Crippen molar-refractivity contribution in [2.24, 2.45) is 0 Å². The maximum absolute atomic E-state index is 13.8. The molecule has 7 rings (SSSR count). The van der Waals surface area contributed by atoms with E-state index in [1.807, 2.05) is 0 Å². The highest BCUT2D eigenvalue weighted by atomic mass is 16.7. The predicted molar refractivity (Wildman–Crippen MR) is 135 cm³/mol. The van der Waals surface area contributed by atoms with Crippen LogP contribution in [-0.4, -0.2) is 33.9 Å². The molecule has 0 saturated heterocycles. The number of fused-ring (bicyclic) bond motifs is 6. The van der Waals surface area contributed by atoms with Gasteiger partial charge >= 0.3 is 0 Å². The first kappa shape index (κ1) is 23.1. The Morgan fingerprint density at radius 1 is 1.08 bits per heavy atom. The van der Waals surface area contributed by atoms with Crippen LogP contribution < -0.4 is 21.6 Å². The Bertz CT molecular complexity index is 1840. The zero-order valence-corrected chi connectivity index (χ0v) is 20.5. The smallest absolute Gasteiger partial charge is 0.280 e. The fourth-order valence-electron chi connectivity index (χ4n) is 6.22. The van der Waals surface area contributed by atoms with Gasteiger partial charge in [0.15, 0.2) is 18.1 Å². The van der Waals surface area contributed by atoms with Gasteiger partial charge in [0.05, 0.1) is 23.2 Å². The van der Waals surface area contributed by atoms with Crippen LogP contribution in [0.25, 0.3) is 32.9 Å². The molecular weight excluding hydrogens is 496 g/mol. The van der Waals surface area contributed by atoms with Gasteiger partial charge in [-0.25, -0.2) is 4.68 Å². The highest BCUT2D eigenvalue weighted by Crippen LogP contribution is 2.57. The van der Waals surface area contributed by atoms with Crippen molar-refractivity contribution in [3.8, 4) is 28.4 Å². The number of nitrogens with two attached hydrogens (primary N) is 1. The topological polar surface area (TPSA) is 167 Å². The molecule has 196 valence electrons. The fourth-order valence-corrected chi connectivity index (χ4v) is 6.22. The van der Waals surface area contributed by atoms with Crippen molar-refractivity contribution in [3.63, 3.8) is 0 Å². The van der Waals surface area contributed by atoms with Gasteiger partial charge in [0.2, 0.25) is 5.43 Å². The van der Waals surface area contributed by atoms with E-state index in [9.17, 15) is 24.9 Å². The number of methoxy groups -OCH3 is 1. The van der Waals surface area contributed by atoms with E-state index in [0.29, 0.717) is 41.5 Å². The number of aromatic nitrogens is 1. The van der Waals surface area contributed by atoms with Gasteiger partial charge < -0.3 is 39.8 Å². The monoisotopic (exact) mass is 520 g/mol. The van der Waals surface area contributed by atoms with Gasteiger partial charge in [-0.05, 0) is 42.8 Å². The molecule has 0 amide bonds. The van der Waals surface area contributed by atoms with Gasteiger partial charge in [-0.2, -0.15) is 0 Å². The predicted octanol–water partition coefficient (Wildman–Crippen LogP) is 2.69. The number of pyridine rings is 1. The first-order valence-electron chi connectivity index (χ1n) is 12.2. The molecule has 2 aliphatic carbocycles. The summed E-state index contributed by atoms with van der Waals surface area (Å²) in [5, 5.41) is 34.3. The summed E-state index contributed by atoms with van der Waals surface area (Å²) in [7, 11) is 1.48. The molecule has 0 radical (unpaired) electrons. The number of nitrogens with zero attached hydrogens (tertiary/aromatic N) is 1. The molecule has 11 nitrogen and oxygen atoms in total. The second-order valence-electron chi connectivity index (χ2n) is 10.0. The van der Waals surface area contributed by atoms with Crippen molar-refractivity contribution in [3.05, 3.63) is 60.9 Å². The number of hydrogen-bond acceptors (Lipinski definition) is 10. The summed E-state index contributed by atoms with van der Waals surface area (Å²) < 4.78 is 24.3. The van der Waals surface area contributed by atoms with Crippen molar-refractivity contribution in [2.75, 3.05) is 19.7 Å². The minimum Gasteiger partial charge on any atom is -0.506 e. The Labute approximate surface area is 214 Å². The molecule has 2 aromatic heterocycles. The lowest BCUT2D eigenvalue weighted by molar-refractivity contribution is -0.0586. The maximum atomic E-state index is 13.8. The zero-order chi connectivity index (χ0) is 26.6. The summed E-state index contributed by atoms with van der Waals surface area (Å²) in [6, 6.07) is 3.47. The number of phenolic OH excluding ortho intramolecular Hbond substituents is 2. The normalized spacial score (nSPS) is 21.6. The van der Waals surface area contributed by atoms with E-state index < -0.39 is 35.0 Å².